The summed E-state index contributed by atoms with van der Waals surface area (Å²) in [5.74, 6) is 1.06. The molecule has 0 bridgehead atoms. The molecule has 0 heterocycles. The molecule has 118 valence electrons. The number of nitrogens with zero attached hydrogens (tertiary/aromatic N) is 1. The van der Waals surface area contributed by atoms with E-state index in [1.54, 1.807) is 0 Å². The van der Waals surface area contributed by atoms with E-state index in [-0.39, 0.29) is 6.61 Å². The smallest absolute Gasteiger partial charge is 0.0606 e. The van der Waals surface area contributed by atoms with E-state index in [0.29, 0.717) is 19.1 Å². The molecule has 1 aliphatic rings. The fourth-order valence-electron chi connectivity index (χ4n) is 3.32. The zero-order valence-corrected chi connectivity index (χ0v) is 13.9. The highest BCUT2D eigenvalue weighted by atomic mass is 32.2. The van der Waals surface area contributed by atoms with Crippen molar-refractivity contribution in [2.45, 2.75) is 56.5 Å². The van der Waals surface area contributed by atoms with Gasteiger partial charge in [-0.05, 0) is 30.7 Å². The lowest BCUT2D eigenvalue weighted by Gasteiger charge is -2.37. The average molecular weight is 308 g/mol. The first-order valence-corrected chi connectivity index (χ1v) is 9.12. The molecule has 0 saturated heterocycles. The maximum atomic E-state index is 9.49. The second kappa shape index (κ2) is 8.66. The van der Waals surface area contributed by atoms with Crippen LogP contribution in [0.3, 0.4) is 0 Å². The zero-order valence-electron chi connectivity index (χ0n) is 13.1. The highest BCUT2D eigenvalue weighted by molar-refractivity contribution is 7.99. The molecule has 0 unspecified atom stereocenters. The lowest BCUT2D eigenvalue weighted by molar-refractivity contribution is 0.290. The van der Waals surface area contributed by atoms with E-state index in [4.69, 9.17) is 5.73 Å². The van der Waals surface area contributed by atoms with Crippen LogP contribution in [-0.2, 0) is 6.54 Å². The van der Waals surface area contributed by atoms with Gasteiger partial charge >= 0.3 is 0 Å². The van der Waals surface area contributed by atoms with Gasteiger partial charge < -0.3 is 15.7 Å². The zero-order chi connectivity index (χ0) is 15.1. The highest BCUT2D eigenvalue weighted by Crippen LogP contribution is 2.34. The van der Waals surface area contributed by atoms with Gasteiger partial charge in [0.1, 0.15) is 0 Å². The van der Waals surface area contributed by atoms with Crippen LogP contribution in [0, 0.1) is 0 Å². The third-order valence-corrected chi connectivity index (χ3v) is 5.26. The van der Waals surface area contributed by atoms with Gasteiger partial charge in [-0.1, -0.05) is 32.3 Å². The average Bonchev–Trinajstić information content (AvgIpc) is 2.53. The van der Waals surface area contributed by atoms with Gasteiger partial charge in [0.25, 0.3) is 0 Å². The number of rotatable bonds is 7. The van der Waals surface area contributed by atoms with Gasteiger partial charge in [0.05, 0.1) is 6.61 Å². The Bertz CT molecular complexity index is 433. The molecule has 2 rings (SSSR count). The van der Waals surface area contributed by atoms with E-state index in [1.165, 1.54) is 48.3 Å². The summed E-state index contributed by atoms with van der Waals surface area (Å²) < 4.78 is 0. The first-order chi connectivity index (χ1) is 10.3. The Morgan fingerprint density at radius 1 is 1.29 bits per heavy atom. The summed E-state index contributed by atoms with van der Waals surface area (Å²) in [6.07, 6.45) is 6.41. The van der Waals surface area contributed by atoms with Crippen molar-refractivity contribution in [1.29, 1.82) is 0 Å². The molecule has 3 nitrogen and oxygen atoms in total. The van der Waals surface area contributed by atoms with Crippen LogP contribution in [0.15, 0.2) is 23.1 Å². The van der Waals surface area contributed by atoms with Gasteiger partial charge in [0.15, 0.2) is 0 Å². The van der Waals surface area contributed by atoms with Gasteiger partial charge in [-0.25, -0.2) is 0 Å². The minimum absolute atomic E-state index is 0.200. The van der Waals surface area contributed by atoms with Gasteiger partial charge in [0.2, 0.25) is 0 Å². The molecule has 1 fully saturated rings. The molecule has 4 heteroatoms. The topological polar surface area (TPSA) is 49.5 Å². The van der Waals surface area contributed by atoms with E-state index in [2.05, 4.69) is 30.0 Å². The molecule has 0 amide bonds. The van der Waals surface area contributed by atoms with Crippen LogP contribution in [0.2, 0.25) is 0 Å². The second-order valence-corrected chi connectivity index (χ2v) is 6.91. The molecular formula is C17H28N2OS. The van der Waals surface area contributed by atoms with Crippen molar-refractivity contribution in [3.8, 4) is 0 Å². The van der Waals surface area contributed by atoms with Crippen LogP contribution < -0.4 is 10.6 Å². The van der Waals surface area contributed by atoms with Crippen molar-refractivity contribution in [3.63, 3.8) is 0 Å². The molecule has 21 heavy (non-hydrogen) atoms. The quantitative estimate of drug-likeness (QED) is 0.758. The fourth-order valence-corrected chi connectivity index (χ4v) is 4.17. The van der Waals surface area contributed by atoms with Crippen molar-refractivity contribution in [2.24, 2.45) is 5.73 Å². The third kappa shape index (κ3) is 4.15. The molecule has 0 spiro atoms. The number of aliphatic hydroxyl groups is 1. The first-order valence-electron chi connectivity index (χ1n) is 8.14. The predicted molar refractivity (Wildman–Crippen MR) is 92.0 cm³/mol. The van der Waals surface area contributed by atoms with Crippen molar-refractivity contribution in [3.05, 3.63) is 23.8 Å². The Morgan fingerprint density at radius 2 is 2.05 bits per heavy atom. The number of nitrogens with two attached hydrogens (primary N) is 1. The largest absolute Gasteiger partial charge is 0.395 e. The fraction of sp³-hybridized carbons (Fsp3) is 0.647. The van der Waals surface area contributed by atoms with Crippen molar-refractivity contribution in [1.82, 2.24) is 0 Å². The molecule has 0 atom stereocenters. The second-order valence-electron chi connectivity index (χ2n) is 5.60. The van der Waals surface area contributed by atoms with Gasteiger partial charge in [0, 0.05) is 35.3 Å². The molecule has 1 saturated carbocycles. The van der Waals surface area contributed by atoms with Crippen LogP contribution in [0.4, 0.5) is 5.69 Å². The van der Waals surface area contributed by atoms with Crippen molar-refractivity contribution < 1.29 is 5.11 Å². The number of aliphatic hydroxyl groups excluding tert-OH is 1. The molecule has 1 aromatic carbocycles. The van der Waals surface area contributed by atoms with Gasteiger partial charge in [-0.15, -0.1) is 11.8 Å². The van der Waals surface area contributed by atoms with Crippen LogP contribution in [-0.4, -0.2) is 30.1 Å². The Kier molecular flexibility index (Phi) is 6.87. The van der Waals surface area contributed by atoms with Crippen LogP contribution in [0.1, 0.15) is 44.6 Å². The predicted octanol–water partition coefficient (Wildman–Crippen LogP) is 3.39. The Morgan fingerprint density at radius 3 is 2.67 bits per heavy atom. The van der Waals surface area contributed by atoms with Crippen LogP contribution >= 0.6 is 11.8 Å². The van der Waals surface area contributed by atoms with Crippen LogP contribution in [0.25, 0.3) is 0 Å². The van der Waals surface area contributed by atoms with Crippen LogP contribution in [0.5, 0.6) is 0 Å². The molecule has 0 aliphatic heterocycles. The molecule has 0 aromatic heterocycles. The first kappa shape index (κ1) is 16.7. The maximum absolute atomic E-state index is 9.49. The van der Waals surface area contributed by atoms with E-state index in [0.717, 1.165) is 5.75 Å². The minimum atomic E-state index is 0.200. The molecule has 1 aliphatic carbocycles. The number of anilines is 1. The summed E-state index contributed by atoms with van der Waals surface area (Å²) in [5, 5.41) is 9.49. The minimum Gasteiger partial charge on any atom is -0.395 e. The third-order valence-electron chi connectivity index (χ3n) is 4.28. The van der Waals surface area contributed by atoms with Gasteiger partial charge in [-0.2, -0.15) is 0 Å². The Hall–Kier alpha value is -0.710. The van der Waals surface area contributed by atoms with Gasteiger partial charge in [-0.3, -0.25) is 0 Å². The molecule has 0 radical (unpaired) electrons. The number of benzene rings is 1. The van der Waals surface area contributed by atoms with E-state index in [9.17, 15) is 5.11 Å². The lowest BCUT2D eigenvalue weighted by Crippen LogP contribution is -2.39. The number of hydrogen-bond donors (Lipinski definition) is 2. The lowest BCUT2D eigenvalue weighted by atomic mass is 9.93. The van der Waals surface area contributed by atoms with E-state index < -0.39 is 0 Å². The molecule has 1 aromatic rings. The van der Waals surface area contributed by atoms with Crippen molar-refractivity contribution >= 4 is 17.4 Å². The Labute approximate surface area is 132 Å². The summed E-state index contributed by atoms with van der Waals surface area (Å²) in [7, 11) is 0. The number of thioether (sulfide) groups is 1. The summed E-state index contributed by atoms with van der Waals surface area (Å²) >= 11 is 1.85. The normalized spacial score (nSPS) is 16.1. The maximum Gasteiger partial charge on any atom is 0.0606 e. The highest BCUT2D eigenvalue weighted by Gasteiger charge is 2.23. The summed E-state index contributed by atoms with van der Waals surface area (Å²) in [6, 6.07) is 7.02. The number of hydrogen-bond acceptors (Lipinski definition) is 4. The summed E-state index contributed by atoms with van der Waals surface area (Å²) in [6.45, 7) is 3.64. The monoisotopic (exact) mass is 308 g/mol. The SMILES string of the molecule is CCSc1cccc(N(CCO)C2CCCCC2)c1CN. The molecule has 3 N–H and O–H groups in total. The summed E-state index contributed by atoms with van der Waals surface area (Å²) in [5.41, 5.74) is 8.52. The van der Waals surface area contributed by atoms with Crippen molar-refractivity contribution in [2.75, 3.05) is 23.8 Å². The Balaban J connectivity index is 2.31. The van der Waals surface area contributed by atoms with E-state index >= 15 is 0 Å². The standard InChI is InChI=1S/C17H28N2OS/c1-2-21-17-10-6-9-16(15(17)13-18)19(11-12-20)14-7-4-3-5-8-14/h6,9-10,14,20H,2-5,7-8,11-13,18H2,1H3. The molecular weight excluding hydrogens is 280 g/mol. The van der Waals surface area contributed by atoms with E-state index in [1.807, 2.05) is 11.8 Å². The summed E-state index contributed by atoms with van der Waals surface area (Å²) in [4.78, 5) is 3.69.